The van der Waals surface area contributed by atoms with Crippen molar-refractivity contribution in [2.24, 2.45) is 7.05 Å². The molecule has 1 fully saturated rings. The molecule has 0 saturated heterocycles. The second kappa shape index (κ2) is 6.15. The van der Waals surface area contributed by atoms with Crippen molar-refractivity contribution in [3.8, 4) is 6.07 Å². The molecule has 1 aliphatic rings. The number of nitriles is 1. The highest BCUT2D eigenvalue weighted by Gasteiger charge is 2.37. The third-order valence-corrected chi connectivity index (χ3v) is 5.11. The second-order valence-electron chi connectivity index (χ2n) is 5.92. The number of nitrogens with zero attached hydrogens (tertiary/aromatic N) is 4. The Kier molecular flexibility index (Phi) is 4.71. The van der Waals surface area contributed by atoms with E-state index in [9.17, 15) is 5.26 Å². The monoisotopic (exact) mass is 293 g/mol. The molecule has 1 N–H and O–H groups in total. The third kappa shape index (κ3) is 3.33. The quantitative estimate of drug-likeness (QED) is 0.923. The summed E-state index contributed by atoms with van der Waals surface area (Å²) >= 11 is 1.75. The fourth-order valence-electron chi connectivity index (χ4n) is 2.78. The number of thioether (sulfide) groups is 1. The lowest BCUT2D eigenvalue weighted by atomic mass is 9.82. The standard InChI is InChI=1S/C14H23N5S/c1-10(2)16-14(9-15)7-5-6-12(8-14)20-13-18-17-11(3)19(13)4/h10,12,16H,5-8H2,1-4H3. The Morgan fingerprint density at radius 2 is 2.25 bits per heavy atom. The molecule has 0 spiro atoms. The van der Waals surface area contributed by atoms with Crippen LogP contribution in [0.4, 0.5) is 0 Å². The van der Waals surface area contributed by atoms with Crippen LogP contribution in [0.3, 0.4) is 0 Å². The van der Waals surface area contributed by atoms with Gasteiger partial charge < -0.3 is 4.57 Å². The number of nitrogens with one attached hydrogen (secondary N) is 1. The van der Waals surface area contributed by atoms with Crippen molar-refractivity contribution in [1.82, 2.24) is 20.1 Å². The van der Waals surface area contributed by atoms with Gasteiger partial charge in [-0.15, -0.1) is 10.2 Å². The fraction of sp³-hybridized carbons (Fsp3) is 0.786. The molecule has 6 heteroatoms. The number of aromatic nitrogens is 3. The van der Waals surface area contributed by atoms with E-state index < -0.39 is 0 Å². The summed E-state index contributed by atoms with van der Waals surface area (Å²) in [4.78, 5) is 0. The van der Waals surface area contributed by atoms with E-state index in [1.54, 1.807) is 11.8 Å². The summed E-state index contributed by atoms with van der Waals surface area (Å²) in [5.41, 5.74) is -0.377. The minimum absolute atomic E-state index is 0.329. The molecule has 1 saturated carbocycles. The molecule has 1 aromatic heterocycles. The van der Waals surface area contributed by atoms with Crippen LogP contribution in [0.25, 0.3) is 0 Å². The topological polar surface area (TPSA) is 66.5 Å². The van der Waals surface area contributed by atoms with Crippen molar-refractivity contribution in [3.05, 3.63) is 5.82 Å². The van der Waals surface area contributed by atoms with E-state index in [2.05, 4.69) is 35.4 Å². The molecular formula is C14H23N5S. The highest BCUT2D eigenvalue weighted by Crippen LogP contribution is 2.37. The molecule has 20 heavy (non-hydrogen) atoms. The molecule has 0 bridgehead atoms. The average molecular weight is 293 g/mol. The summed E-state index contributed by atoms with van der Waals surface area (Å²) in [5.74, 6) is 0.926. The van der Waals surface area contributed by atoms with Gasteiger partial charge in [-0.2, -0.15) is 5.26 Å². The molecule has 110 valence electrons. The SMILES string of the molecule is Cc1nnc(SC2CCCC(C#N)(NC(C)C)C2)n1C. The molecule has 2 rings (SSSR count). The van der Waals surface area contributed by atoms with Gasteiger partial charge in [0.05, 0.1) is 6.07 Å². The normalized spacial score (nSPS) is 26.7. The summed E-state index contributed by atoms with van der Waals surface area (Å²) in [5, 5.41) is 22.7. The summed E-state index contributed by atoms with van der Waals surface area (Å²) in [6, 6.07) is 2.85. The minimum atomic E-state index is -0.377. The zero-order valence-corrected chi connectivity index (χ0v) is 13.5. The Labute approximate surface area is 125 Å². The molecular weight excluding hydrogens is 270 g/mol. The van der Waals surface area contributed by atoms with Crippen molar-refractivity contribution < 1.29 is 0 Å². The Hall–Kier alpha value is -1.06. The Balaban J connectivity index is 2.07. The highest BCUT2D eigenvalue weighted by atomic mass is 32.2. The molecule has 2 atom stereocenters. The van der Waals surface area contributed by atoms with Gasteiger partial charge in [0, 0.05) is 18.3 Å². The summed E-state index contributed by atoms with van der Waals surface area (Å²) in [7, 11) is 1.99. The van der Waals surface area contributed by atoms with Crippen LogP contribution in [-0.2, 0) is 7.05 Å². The van der Waals surface area contributed by atoms with Gasteiger partial charge in [0.15, 0.2) is 5.16 Å². The first-order chi connectivity index (χ1) is 9.46. The van der Waals surface area contributed by atoms with Gasteiger partial charge in [-0.05, 0) is 46.5 Å². The number of hydrogen-bond acceptors (Lipinski definition) is 5. The van der Waals surface area contributed by atoms with Crippen molar-refractivity contribution in [2.45, 2.75) is 68.4 Å². The molecule has 1 aromatic rings. The van der Waals surface area contributed by atoms with Crippen LogP contribution >= 0.6 is 11.8 Å². The number of rotatable bonds is 4. The van der Waals surface area contributed by atoms with Gasteiger partial charge in [-0.3, -0.25) is 5.32 Å². The van der Waals surface area contributed by atoms with Crippen molar-refractivity contribution >= 4 is 11.8 Å². The molecule has 1 heterocycles. The van der Waals surface area contributed by atoms with E-state index >= 15 is 0 Å². The summed E-state index contributed by atoms with van der Waals surface area (Å²) in [6.07, 6.45) is 4.04. The van der Waals surface area contributed by atoms with Crippen LogP contribution < -0.4 is 5.32 Å². The molecule has 2 unspecified atom stereocenters. The number of hydrogen-bond donors (Lipinski definition) is 1. The molecule has 0 aliphatic heterocycles. The smallest absolute Gasteiger partial charge is 0.191 e. The van der Waals surface area contributed by atoms with Crippen LogP contribution in [-0.4, -0.2) is 31.6 Å². The van der Waals surface area contributed by atoms with Crippen LogP contribution in [0.15, 0.2) is 5.16 Å². The maximum absolute atomic E-state index is 9.58. The van der Waals surface area contributed by atoms with E-state index in [4.69, 9.17) is 0 Å². The van der Waals surface area contributed by atoms with Gasteiger partial charge in [0.2, 0.25) is 0 Å². The van der Waals surface area contributed by atoms with E-state index in [-0.39, 0.29) is 5.54 Å². The van der Waals surface area contributed by atoms with Gasteiger partial charge in [-0.25, -0.2) is 0 Å². The molecule has 0 amide bonds. The Bertz CT molecular complexity index is 504. The molecule has 0 radical (unpaired) electrons. The maximum atomic E-state index is 9.58. The fourth-order valence-corrected chi connectivity index (χ4v) is 4.11. The minimum Gasteiger partial charge on any atom is -0.309 e. The van der Waals surface area contributed by atoms with Crippen LogP contribution in [0.1, 0.15) is 45.4 Å². The Morgan fingerprint density at radius 1 is 1.50 bits per heavy atom. The van der Waals surface area contributed by atoms with E-state index in [1.807, 2.05) is 18.5 Å². The second-order valence-corrected chi connectivity index (χ2v) is 7.19. The lowest BCUT2D eigenvalue weighted by Crippen LogP contribution is -2.51. The largest absolute Gasteiger partial charge is 0.309 e. The van der Waals surface area contributed by atoms with Gasteiger partial charge >= 0.3 is 0 Å². The van der Waals surface area contributed by atoms with Gasteiger partial charge in [-0.1, -0.05) is 11.8 Å². The average Bonchev–Trinajstić information content (AvgIpc) is 2.70. The molecule has 5 nitrogen and oxygen atoms in total. The van der Waals surface area contributed by atoms with Crippen molar-refractivity contribution in [3.63, 3.8) is 0 Å². The van der Waals surface area contributed by atoms with E-state index in [0.717, 1.165) is 36.7 Å². The van der Waals surface area contributed by atoms with Crippen molar-refractivity contribution in [2.75, 3.05) is 0 Å². The Morgan fingerprint density at radius 3 is 2.80 bits per heavy atom. The molecule has 0 aromatic carbocycles. The van der Waals surface area contributed by atoms with Crippen LogP contribution in [0.5, 0.6) is 0 Å². The van der Waals surface area contributed by atoms with Gasteiger partial charge in [0.25, 0.3) is 0 Å². The predicted molar refractivity (Wildman–Crippen MR) is 80.5 cm³/mol. The third-order valence-electron chi connectivity index (χ3n) is 3.81. The zero-order chi connectivity index (χ0) is 14.8. The predicted octanol–water partition coefficient (Wildman–Crippen LogP) is 2.42. The zero-order valence-electron chi connectivity index (χ0n) is 12.7. The first-order valence-corrected chi connectivity index (χ1v) is 8.05. The first kappa shape index (κ1) is 15.3. The van der Waals surface area contributed by atoms with Gasteiger partial charge in [0.1, 0.15) is 11.4 Å². The lowest BCUT2D eigenvalue weighted by molar-refractivity contribution is 0.284. The van der Waals surface area contributed by atoms with Crippen LogP contribution in [0.2, 0.25) is 0 Å². The van der Waals surface area contributed by atoms with E-state index in [1.165, 1.54) is 0 Å². The summed E-state index contributed by atoms with van der Waals surface area (Å²) < 4.78 is 2.02. The summed E-state index contributed by atoms with van der Waals surface area (Å²) in [6.45, 7) is 6.15. The van der Waals surface area contributed by atoms with Crippen LogP contribution in [0, 0.1) is 18.3 Å². The maximum Gasteiger partial charge on any atom is 0.191 e. The first-order valence-electron chi connectivity index (χ1n) is 7.17. The van der Waals surface area contributed by atoms with Crippen molar-refractivity contribution in [1.29, 1.82) is 5.26 Å². The number of aryl methyl sites for hydroxylation is 1. The molecule has 1 aliphatic carbocycles. The lowest BCUT2D eigenvalue weighted by Gasteiger charge is -2.37. The van der Waals surface area contributed by atoms with E-state index in [0.29, 0.717) is 11.3 Å². The highest BCUT2D eigenvalue weighted by molar-refractivity contribution is 7.99.